The summed E-state index contributed by atoms with van der Waals surface area (Å²) in [6, 6.07) is 19.2. The van der Waals surface area contributed by atoms with Gasteiger partial charge in [0.15, 0.2) is 5.69 Å². The van der Waals surface area contributed by atoms with E-state index in [0.29, 0.717) is 29.6 Å². The molecule has 0 amide bonds. The monoisotopic (exact) mass is 552 g/mol. The first-order valence-electron chi connectivity index (χ1n) is 14.3. The van der Waals surface area contributed by atoms with Gasteiger partial charge in [-0.25, -0.2) is 9.78 Å². The second kappa shape index (κ2) is 11.5. The van der Waals surface area contributed by atoms with Crippen molar-refractivity contribution in [3.63, 3.8) is 0 Å². The number of para-hydroxylation sites is 1. The van der Waals surface area contributed by atoms with Crippen LogP contribution in [-0.2, 0) is 31.4 Å². The number of carboxylic acid groups (broad SMARTS) is 1. The maximum absolute atomic E-state index is 11.6. The van der Waals surface area contributed by atoms with Gasteiger partial charge in [-0.3, -0.25) is 9.58 Å². The van der Waals surface area contributed by atoms with Gasteiger partial charge in [-0.2, -0.15) is 5.10 Å². The average molecular weight is 553 g/mol. The molecule has 0 unspecified atom stereocenters. The summed E-state index contributed by atoms with van der Waals surface area (Å²) in [5.41, 5.74) is 8.66. The van der Waals surface area contributed by atoms with Crippen LogP contribution in [0.15, 0.2) is 54.6 Å². The summed E-state index contributed by atoms with van der Waals surface area (Å²) >= 11 is 0. The smallest absolute Gasteiger partial charge is 0.356 e. The van der Waals surface area contributed by atoms with Gasteiger partial charge in [-0.1, -0.05) is 36.4 Å². The van der Waals surface area contributed by atoms with E-state index in [0.717, 1.165) is 73.7 Å². The van der Waals surface area contributed by atoms with Crippen LogP contribution in [0.4, 0.5) is 0 Å². The third-order valence-electron chi connectivity index (χ3n) is 8.37. The number of hydrogen-bond acceptors (Lipinski definition) is 6. The number of aromatic nitrogens is 3. The van der Waals surface area contributed by atoms with E-state index < -0.39 is 5.97 Å². The fourth-order valence-electron chi connectivity index (χ4n) is 6.19. The molecule has 2 aromatic heterocycles. The Kier molecular flexibility index (Phi) is 7.60. The zero-order valence-electron chi connectivity index (χ0n) is 23.9. The fourth-order valence-corrected chi connectivity index (χ4v) is 6.19. The van der Waals surface area contributed by atoms with Gasteiger partial charge >= 0.3 is 5.97 Å². The van der Waals surface area contributed by atoms with E-state index in [1.165, 1.54) is 11.1 Å². The standard InChI is InChI=1S/C33H36N4O4/c1-21-6-4-7-27(28-8-5-9-29(34-28)31-22(2)30(33(38)39)35-36(31)3)32(21)41-20-23-10-11-25-19-37(15-12-24(25)18-23)26-13-16-40-17-14-26/h4-11,18,26H,12-17,19-20H2,1-3H3,(H,38,39). The van der Waals surface area contributed by atoms with E-state index in [1.54, 1.807) is 18.7 Å². The predicted octanol–water partition coefficient (Wildman–Crippen LogP) is 5.58. The molecular weight excluding hydrogens is 516 g/mol. The van der Waals surface area contributed by atoms with Gasteiger partial charge in [0.2, 0.25) is 0 Å². The number of fused-ring (bicyclic) bond motifs is 1. The molecule has 0 atom stereocenters. The van der Waals surface area contributed by atoms with Crippen molar-refractivity contribution < 1.29 is 19.4 Å². The molecule has 8 heteroatoms. The van der Waals surface area contributed by atoms with Crippen molar-refractivity contribution in [3.05, 3.63) is 88.1 Å². The highest BCUT2D eigenvalue weighted by Crippen LogP contribution is 2.35. The van der Waals surface area contributed by atoms with Crippen LogP contribution >= 0.6 is 0 Å². The van der Waals surface area contributed by atoms with Crippen molar-refractivity contribution >= 4 is 5.97 Å². The maximum atomic E-state index is 11.6. The Labute approximate surface area is 240 Å². The summed E-state index contributed by atoms with van der Waals surface area (Å²) in [5, 5.41) is 13.7. The number of pyridine rings is 1. The summed E-state index contributed by atoms with van der Waals surface area (Å²) in [5.74, 6) is -0.248. The largest absolute Gasteiger partial charge is 0.488 e. The SMILES string of the molecule is Cc1cccc(-c2cccc(-c3c(C)c(C(=O)O)nn3C)n2)c1OCc1ccc2c(c1)CCN(C1CCOCC1)C2. The third-order valence-corrected chi connectivity index (χ3v) is 8.37. The molecule has 0 bridgehead atoms. The normalized spacial score (nSPS) is 16.0. The molecule has 4 aromatic rings. The number of aromatic carboxylic acids is 1. The molecule has 0 aliphatic carbocycles. The van der Waals surface area contributed by atoms with Crippen LogP contribution in [0.2, 0.25) is 0 Å². The molecule has 1 N–H and O–H groups in total. The molecule has 0 saturated carbocycles. The summed E-state index contributed by atoms with van der Waals surface area (Å²) in [7, 11) is 1.74. The Morgan fingerprint density at radius 3 is 2.61 bits per heavy atom. The minimum Gasteiger partial charge on any atom is -0.488 e. The van der Waals surface area contributed by atoms with Crippen molar-refractivity contribution in [1.29, 1.82) is 0 Å². The molecule has 4 heterocycles. The second-order valence-electron chi connectivity index (χ2n) is 11.1. The topological polar surface area (TPSA) is 89.7 Å². The molecule has 1 saturated heterocycles. The lowest BCUT2D eigenvalue weighted by Gasteiger charge is -2.37. The zero-order valence-corrected chi connectivity index (χ0v) is 23.9. The highest BCUT2D eigenvalue weighted by Gasteiger charge is 2.25. The van der Waals surface area contributed by atoms with Crippen LogP contribution in [0, 0.1) is 13.8 Å². The Morgan fingerprint density at radius 2 is 1.83 bits per heavy atom. The number of hydrogen-bond donors (Lipinski definition) is 1. The van der Waals surface area contributed by atoms with Gasteiger partial charge in [0, 0.05) is 50.5 Å². The van der Waals surface area contributed by atoms with Crippen LogP contribution in [0.5, 0.6) is 5.75 Å². The second-order valence-corrected chi connectivity index (χ2v) is 11.1. The summed E-state index contributed by atoms with van der Waals surface area (Å²) in [6.07, 6.45) is 3.32. The number of ether oxygens (including phenoxy) is 2. The average Bonchev–Trinajstić information content (AvgIpc) is 3.30. The molecule has 6 rings (SSSR count). The zero-order chi connectivity index (χ0) is 28.5. The van der Waals surface area contributed by atoms with Gasteiger partial charge in [0.05, 0.1) is 17.1 Å². The Hall–Kier alpha value is -4.01. The van der Waals surface area contributed by atoms with Crippen LogP contribution < -0.4 is 4.74 Å². The van der Waals surface area contributed by atoms with Gasteiger partial charge in [0.1, 0.15) is 12.4 Å². The van der Waals surface area contributed by atoms with Crippen LogP contribution in [0.3, 0.4) is 0 Å². The minimum absolute atomic E-state index is 0.0376. The molecule has 2 aromatic carbocycles. The van der Waals surface area contributed by atoms with Gasteiger partial charge in [-0.15, -0.1) is 0 Å². The lowest BCUT2D eigenvalue weighted by atomic mass is 9.95. The number of benzene rings is 2. The predicted molar refractivity (Wildman–Crippen MR) is 157 cm³/mol. The molecule has 212 valence electrons. The lowest BCUT2D eigenvalue weighted by molar-refractivity contribution is 0.0290. The van der Waals surface area contributed by atoms with Crippen molar-refractivity contribution in [2.45, 2.75) is 52.3 Å². The summed E-state index contributed by atoms with van der Waals surface area (Å²) < 4.78 is 13.6. The van der Waals surface area contributed by atoms with Gasteiger partial charge in [0.25, 0.3) is 0 Å². The molecular formula is C33H36N4O4. The molecule has 2 aliphatic rings. The Balaban J connectivity index is 1.22. The molecule has 1 fully saturated rings. The summed E-state index contributed by atoms with van der Waals surface area (Å²) in [4.78, 5) is 19.2. The first-order valence-corrected chi connectivity index (χ1v) is 14.3. The molecule has 0 spiro atoms. The van der Waals surface area contributed by atoms with E-state index in [1.807, 2.05) is 43.3 Å². The van der Waals surface area contributed by atoms with Crippen LogP contribution in [0.25, 0.3) is 22.6 Å². The maximum Gasteiger partial charge on any atom is 0.356 e. The number of carbonyl (C=O) groups is 1. The van der Waals surface area contributed by atoms with E-state index >= 15 is 0 Å². The first kappa shape index (κ1) is 27.2. The number of nitrogens with zero attached hydrogens (tertiary/aromatic N) is 4. The van der Waals surface area contributed by atoms with Crippen molar-refractivity contribution in [2.24, 2.45) is 7.05 Å². The van der Waals surface area contributed by atoms with E-state index in [9.17, 15) is 9.90 Å². The van der Waals surface area contributed by atoms with Gasteiger partial charge < -0.3 is 14.6 Å². The number of carboxylic acids is 1. The van der Waals surface area contributed by atoms with E-state index in [-0.39, 0.29) is 5.69 Å². The Morgan fingerprint density at radius 1 is 1.05 bits per heavy atom. The quantitative estimate of drug-likeness (QED) is 0.320. The van der Waals surface area contributed by atoms with Crippen LogP contribution in [0.1, 0.15) is 51.1 Å². The van der Waals surface area contributed by atoms with Crippen molar-refractivity contribution in [2.75, 3.05) is 19.8 Å². The van der Waals surface area contributed by atoms with E-state index in [4.69, 9.17) is 14.5 Å². The van der Waals surface area contributed by atoms with E-state index in [2.05, 4.69) is 28.2 Å². The van der Waals surface area contributed by atoms with Crippen LogP contribution in [-0.4, -0.2) is 56.5 Å². The highest BCUT2D eigenvalue weighted by molar-refractivity contribution is 5.89. The molecule has 2 aliphatic heterocycles. The first-order chi connectivity index (χ1) is 19.9. The third kappa shape index (κ3) is 5.49. The molecule has 41 heavy (non-hydrogen) atoms. The lowest BCUT2D eigenvalue weighted by Crippen LogP contribution is -2.42. The van der Waals surface area contributed by atoms with Crippen molar-refractivity contribution in [1.82, 2.24) is 19.7 Å². The highest BCUT2D eigenvalue weighted by atomic mass is 16.5. The van der Waals surface area contributed by atoms with Crippen molar-refractivity contribution in [3.8, 4) is 28.4 Å². The number of rotatable bonds is 7. The fraction of sp³-hybridized carbons (Fsp3) is 0.364. The summed E-state index contributed by atoms with van der Waals surface area (Å²) in [6.45, 7) is 8.13. The number of aryl methyl sites for hydroxylation is 2. The molecule has 8 nitrogen and oxygen atoms in total. The molecule has 0 radical (unpaired) electrons. The Bertz CT molecular complexity index is 1590. The minimum atomic E-state index is -1.05. The van der Waals surface area contributed by atoms with Gasteiger partial charge in [-0.05, 0) is 73.6 Å².